The van der Waals surface area contributed by atoms with Crippen molar-refractivity contribution >= 4 is 34.8 Å². The molecule has 2 aromatic heterocycles. The predicted molar refractivity (Wildman–Crippen MR) is 131 cm³/mol. The molecule has 10 heteroatoms. The number of aryl methyl sites for hydroxylation is 1. The molecule has 1 unspecified atom stereocenters. The highest BCUT2D eigenvalue weighted by Crippen LogP contribution is 2.32. The number of rotatable bonds is 8. The molecule has 0 saturated heterocycles. The Morgan fingerprint density at radius 1 is 1.26 bits per heavy atom. The third-order valence-corrected chi connectivity index (χ3v) is 6.47. The number of anilines is 2. The van der Waals surface area contributed by atoms with E-state index in [4.69, 9.17) is 15.2 Å². The summed E-state index contributed by atoms with van der Waals surface area (Å²) in [4.78, 5) is 37.7. The number of fused-ring (bicyclic) bond motifs is 1. The van der Waals surface area contributed by atoms with Crippen LogP contribution in [0.3, 0.4) is 0 Å². The van der Waals surface area contributed by atoms with E-state index in [1.54, 1.807) is 22.4 Å². The van der Waals surface area contributed by atoms with Gasteiger partial charge in [-0.25, -0.2) is 14.8 Å². The summed E-state index contributed by atoms with van der Waals surface area (Å²) in [5, 5.41) is 2.00. The third kappa shape index (κ3) is 5.45. The summed E-state index contributed by atoms with van der Waals surface area (Å²) in [6, 6.07) is 11.5. The fourth-order valence-electron chi connectivity index (χ4n) is 3.81. The number of nitrogens with two attached hydrogens (primary N) is 1. The summed E-state index contributed by atoms with van der Waals surface area (Å²) in [5.41, 5.74) is 6.27. The lowest BCUT2D eigenvalue weighted by atomic mass is 10.1. The summed E-state index contributed by atoms with van der Waals surface area (Å²) in [6.45, 7) is 3.19. The van der Waals surface area contributed by atoms with Gasteiger partial charge in [0.05, 0.1) is 6.61 Å². The Hall–Kier alpha value is -3.66. The average molecular weight is 482 g/mol. The molecule has 0 bridgehead atoms. The summed E-state index contributed by atoms with van der Waals surface area (Å²) in [5.74, 6) is 1.78. The molecule has 0 radical (unpaired) electrons. The summed E-state index contributed by atoms with van der Waals surface area (Å²) < 4.78 is 11.2. The van der Waals surface area contributed by atoms with Crippen molar-refractivity contribution in [1.29, 1.82) is 0 Å². The number of amides is 2. The van der Waals surface area contributed by atoms with Crippen LogP contribution in [0, 0.1) is 6.92 Å². The van der Waals surface area contributed by atoms with Crippen LogP contribution < -0.4 is 20.3 Å². The van der Waals surface area contributed by atoms with Crippen LogP contribution in [0.5, 0.6) is 5.75 Å². The van der Waals surface area contributed by atoms with Gasteiger partial charge in [0.15, 0.2) is 0 Å². The third-order valence-electron chi connectivity index (χ3n) is 5.51. The van der Waals surface area contributed by atoms with Crippen molar-refractivity contribution in [3.8, 4) is 5.75 Å². The Morgan fingerprint density at radius 3 is 2.88 bits per heavy atom. The number of thiophene rings is 1. The second kappa shape index (κ2) is 10.5. The van der Waals surface area contributed by atoms with E-state index >= 15 is 0 Å². The smallest absolute Gasteiger partial charge is 0.404 e. The van der Waals surface area contributed by atoms with E-state index in [-0.39, 0.29) is 18.6 Å². The van der Waals surface area contributed by atoms with Crippen LogP contribution in [-0.4, -0.2) is 48.7 Å². The molecule has 9 nitrogen and oxygen atoms in total. The second-order valence-electron chi connectivity index (χ2n) is 7.96. The molecule has 1 atom stereocenters. The van der Waals surface area contributed by atoms with E-state index in [0.717, 1.165) is 10.6 Å². The minimum atomic E-state index is -0.781. The van der Waals surface area contributed by atoms with Gasteiger partial charge in [-0.1, -0.05) is 12.1 Å². The number of aromatic nitrogens is 2. The standard InChI is InChI=1S/C24H27N5O4S/c1-16-26-15-19-22(27-16)28(2)10-11-29(23(19)30)17-6-3-7-18(14-17)33-20(21-9-5-13-34-21)8-4-12-32-24(25)31/h3,5-7,9,13-15,20H,4,8,10-12H2,1-2H3,(H2,25,31). The largest absolute Gasteiger partial charge is 0.485 e. The molecule has 178 valence electrons. The van der Waals surface area contributed by atoms with Crippen LogP contribution in [0.15, 0.2) is 48.0 Å². The first-order valence-electron chi connectivity index (χ1n) is 11.0. The quantitative estimate of drug-likeness (QED) is 0.485. The number of hydrogen-bond acceptors (Lipinski definition) is 8. The normalized spacial score (nSPS) is 14.4. The van der Waals surface area contributed by atoms with Crippen LogP contribution in [0.25, 0.3) is 0 Å². The number of primary amides is 1. The lowest BCUT2D eigenvalue weighted by Crippen LogP contribution is -2.33. The zero-order valence-corrected chi connectivity index (χ0v) is 20.0. The van der Waals surface area contributed by atoms with Gasteiger partial charge in [0, 0.05) is 43.0 Å². The van der Waals surface area contributed by atoms with Crippen LogP contribution in [0.4, 0.5) is 16.3 Å². The minimum absolute atomic E-state index is 0.144. The first-order valence-corrected chi connectivity index (χ1v) is 11.9. The zero-order chi connectivity index (χ0) is 24.1. The van der Waals surface area contributed by atoms with Crippen molar-refractivity contribution in [2.75, 3.05) is 36.5 Å². The van der Waals surface area contributed by atoms with Gasteiger partial charge < -0.3 is 25.0 Å². The van der Waals surface area contributed by atoms with Gasteiger partial charge in [0.2, 0.25) is 0 Å². The average Bonchev–Trinajstić information content (AvgIpc) is 3.32. The van der Waals surface area contributed by atoms with Gasteiger partial charge in [0.25, 0.3) is 5.91 Å². The molecule has 0 fully saturated rings. The molecule has 0 saturated carbocycles. The maximum atomic E-state index is 13.4. The van der Waals surface area contributed by atoms with Gasteiger partial charge in [-0.2, -0.15) is 0 Å². The lowest BCUT2D eigenvalue weighted by molar-refractivity contribution is 0.0989. The van der Waals surface area contributed by atoms with E-state index in [2.05, 4.69) is 9.97 Å². The lowest BCUT2D eigenvalue weighted by Gasteiger charge is -2.23. The molecule has 34 heavy (non-hydrogen) atoms. The Kier molecular flexibility index (Phi) is 7.27. The van der Waals surface area contributed by atoms with E-state index in [1.165, 1.54) is 0 Å². The molecule has 0 aliphatic carbocycles. The second-order valence-corrected chi connectivity index (χ2v) is 8.94. The first kappa shape index (κ1) is 23.5. The number of hydrogen-bond donors (Lipinski definition) is 1. The molecule has 4 rings (SSSR count). The highest BCUT2D eigenvalue weighted by Gasteiger charge is 2.28. The monoisotopic (exact) mass is 481 g/mol. The molecule has 3 heterocycles. The van der Waals surface area contributed by atoms with Gasteiger partial charge in [0.1, 0.15) is 29.1 Å². The maximum Gasteiger partial charge on any atom is 0.404 e. The van der Waals surface area contributed by atoms with Crippen molar-refractivity contribution in [2.24, 2.45) is 5.73 Å². The molecule has 3 aromatic rings. The maximum absolute atomic E-state index is 13.4. The summed E-state index contributed by atoms with van der Waals surface area (Å²) in [6.07, 6.45) is 1.86. The first-order chi connectivity index (χ1) is 16.4. The van der Waals surface area contributed by atoms with Gasteiger partial charge in [-0.05, 0) is 43.3 Å². The fraction of sp³-hybridized carbons (Fsp3) is 0.333. The number of benzene rings is 1. The molecule has 1 aliphatic heterocycles. The van der Waals surface area contributed by atoms with Crippen LogP contribution in [-0.2, 0) is 4.74 Å². The van der Waals surface area contributed by atoms with E-state index in [9.17, 15) is 9.59 Å². The molecule has 0 spiro atoms. The Morgan fingerprint density at radius 2 is 2.12 bits per heavy atom. The number of likely N-dealkylation sites (N-methyl/N-ethyl adjacent to an activating group) is 1. The van der Waals surface area contributed by atoms with Gasteiger partial charge >= 0.3 is 6.09 Å². The number of carbonyl (C=O) groups is 2. The zero-order valence-electron chi connectivity index (χ0n) is 19.1. The molecule has 2 amide bonds. The fourth-order valence-corrected chi connectivity index (χ4v) is 4.60. The number of carbonyl (C=O) groups excluding carboxylic acids is 2. The Labute approximate surface area is 202 Å². The summed E-state index contributed by atoms with van der Waals surface area (Å²) >= 11 is 1.60. The van der Waals surface area contributed by atoms with Gasteiger partial charge in [-0.3, -0.25) is 4.79 Å². The number of nitrogens with zero attached hydrogens (tertiary/aromatic N) is 4. The van der Waals surface area contributed by atoms with Crippen LogP contribution in [0.2, 0.25) is 0 Å². The topological polar surface area (TPSA) is 111 Å². The van der Waals surface area contributed by atoms with Gasteiger partial charge in [-0.15, -0.1) is 11.3 Å². The van der Waals surface area contributed by atoms with E-state index in [1.807, 2.05) is 60.6 Å². The van der Waals surface area contributed by atoms with Crippen molar-refractivity contribution in [3.63, 3.8) is 0 Å². The minimum Gasteiger partial charge on any atom is -0.485 e. The number of ether oxygens (including phenoxy) is 2. The van der Waals surface area contributed by atoms with Crippen molar-refractivity contribution in [1.82, 2.24) is 9.97 Å². The van der Waals surface area contributed by atoms with Crippen LogP contribution >= 0.6 is 11.3 Å². The molecule has 1 aromatic carbocycles. The van der Waals surface area contributed by atoms with Crippen LogP contribution in [0.1, 0.15) is 40.0 Å². The van der Waals surface area contributed by atoms with Crippen molar-refractivity contribution in [3.05, 3.63) is 64.2 Å². The molecule has 1 aliphatic rings. The molecular weight excluding hydrogens is 454 g/mol. The summed E-state index contributed by atoms with van der Waals surface area (Å²) in [7, 11) is 1.93. The Bertz CT molecular complexity index is 1150. The molecule has 2 N–H and O–H groups in total. The van der Waals surface area contributed by atoms with Crippen molar-refractivity contribution in [2.45, 2.75) is 25.9 Å². The predicted octanol–water partition coefficient (Wildman–Crippen LogP) is 3.94. The van der Waals surface area contributed by atoms with Crippen molar-refractivity contribution < 1.29 is 19.1 Å². The highest BCUT2D eigenvalue weighted by molar-refractivity contribution is 7.10. The van der Waals surface area contributed by atoms with E-state index in [0.29, 0.717) is 48.9 Å². The Balaban J connectivity index is 1.54. The SMILES string of the molecule is Cc1ncc2c(n1)N(C)CCN(c1cccc(OC(CCCOC(N)=O)c3cccs3)c1)C2=O. The molecular formula is C24H27N5O4S. The van der Waals surface area contributed by atoms with E-state index < -0.39 is 6.09 Å². The highest BCUT2D eigenvalue weighted by atomic mass is 32.1.